The van der Waals surface area contributed by atoms with Gasteiger partial charge in [-0.05, 0) is 12.1 Å². The zero-order valence-electron chi connectivity index (χ0n) is 10.7. The molecule has 104 valence electrons. The van der Waals surface area contributed by atoms with Gasteiger partial charge in [-0.1, -0.05) is 11.6 Å². The molecular weight excluding hydrogens is 281 g/mol. The van der Waals surface area contributed by atoms with Gasteiger partial charge in [0, 0.05) is 37.6 Å². The van der Waals surface area contributed by atoms with Crippen molar-refractivity contribution in [2.75, 3.05) is 18.0 Å². The van der Waals surface area contributed by atoms with Crippen molar-refractivity contribution in [1.29, 1.82) is 0 Å². The smallest absolute Gasteiger partial charge is 0.165 e. The predicted octanol–water partition coefficient (Wildman–Crippen LogP) is 2.93. The summed E-state index contributed by atoms with van der Waals surface area (Å²) in [6, 6.07) is 4.72. The molecule has 20 heavy (non-hydrogen) atoms. The van der Waals surface area contributed by atoms with Crippen molar-refractivity contribution in [3.05, 3.63) is 47.6 Å². The Morgan fingerprint density at radius 3 is 3.05 bits per heavy atom. The molecule has 0 bridgehead atoms. The Balaban J connectivity index is 1.69. The Labute approximate surface area is 121 Å². The first-order valence-corrected chi connectivity index (χ1v) is 6.73. The molecule has 1 unspecified atom stereocenters. The lowest BCUT2D eigenvalue weighted by Gasteiger charge is -2.18. The average molecular weight is 294 g/mol. The van der Waals surface area contributed by atoms with Crippen LogP contribution in [0.3, 0.4) is 0 Å². The van der Waals surface area contributed by atoms with Crippen LogP contribution in [0.15, 0.2) is 36.8 Å². The van der Waals surface area contributed by atoms with E-state index < -0.39 is 0 Å². The number of halogens is 2. The summed E-state index contributed by atoms with van der Waals surface area (Å²) in [4.78, 5) is 9.87. The van der Waals surface area contributed by atoms with E-state index in [1.54, 1.807) is 30.7 Å². The number of aromatic nitrogens is 2. The number of hydrogen-bond donors (Lipinski definition) is 0. The fourth-order valence-electron chi connectivity index (χ4n) is 2.26. The highest BCUT2D eigenvalue weighted by atomic mass is 35.5. The van der Waals surface area contributed by atoms with Gasteiger partial charge < -0.3 is 9.64 Å². The third kappa shape index (κ3) is 2.67. The van der Waals surface area contributed by atoms with Crippen LogP contribution in [0.2, 0.25) is 5.02 Å². The Bertz CT molecular complexity index is 610. The van der Waals surface area contributed by atoms with Crippen molar-refractivity contribution in [2.24, 2.45) is 0 Å². The molecule has 1 saturated heterocycles. The molecule has 1 atom stereocenters. The normalized spacial score (nSPS) is 18.3. The maximum absolute atomic E-state index is 13.7. The van der Waals surface area contributed by atoms with Gasteiger partial charge in [0.15, 0.2) is 11.6 Å². The number of ether oxygens (including phenoxy) is 1. The second kappa shape index (κ2) is 5.63. The van der Waals surface area contributed by atoms with Gasteiger partial charge in [0.1, 0.15) is 16.9 Å². The maximum Gasteiger partial charge on any atom is 0.165 e. The molecule has 3 rings (SSSR count). The van der Waals surface area contributed by atoms with Crippen molar-refractivity contribution in [3.8, 4) is 5.75 Å². The van der Waals surface area contributed by atoms with Crippen molar-refractivity contribution >= 4 is 17.4 Å². The summed E-state index contributed by atoms with van der Waals surface area (Å²) in [6.45, 7) is 1.30. The highest BCUT2D eigenvalue weighted by Gasteiger charge is 2.27. The molecule has 1 aliphatic heterocycles. The van der Waals surface area contributed by atoms with E-state index in [0.29, 0.717) is 29.7 Å². The lowest BCUT2D eigenvalue weighted by molar-refractivity contribution is 0.225. The van der Waals surface area contributed by atoms with Crippen molar-refractivity contribution in [2.45, 2.75) is 12.5 Å². The molecule has 0 spiro atoms. The number of nitrogens with zero attached hydrogens (tertiary/aromatic N) is 3. The Morgan fingerprint density at radius 1 is 1.35 bits per heavy atom. The minimum Gasteiger partial charge on any atom is -0.487 e. The highest BCUT2D eigenvalue weighted by Crippen LogP contribution is 2.27. The van der Waals surface area contributed by atoms with Crippen LogP contribution in [-0.2, 0) is 0 Å². The fourth-order valence-corrected chi connectivity index (χ4v) is 2.43. The van der Waals surface area contributed by atoms with E-state index in [1.165, 1.54) is 6.07 Å². The second-order valence-electron chi connectivity index (χ2n) is 4.59. The van der Waals surface area contributed by atoms with E-state index in [-0.39, 0.29) is 11.9 Å². The summed E-state index contributed by atoms with van der Waals surface area (Å²) >= 11 is 6.01. The second-order valence-corrected chi connectivity index (χ2v) is 5.00. The van der Waals surface area contributed by atoms with Crippen LogP contribution in [0.4, 0.5) is 10.2 Å². The monoisotopic (exact) mass is 293 g/mol. The number of rotatable bonds is 3. The first-order chi connectivity index (χ1) is 9.74. The summed E-state index contributed by atoms with van der Waals surface area (Å²) in [6.07, 6.45) is 5.53. The van der Waals surface area contributed by atoms with Crippen LogP contribution >= 0.6 is 11.6 Å². The lowest BCUT2D eigenvalue weighted by atomic mass is 10.3. The molecule has 0 N–H and O–H groups in total. The molecule has 2 aromatic rings. The first kappa shape index (κ1) is 13.1. The molecule has 2 aromatic heterocycles. The summed E-state index contributed by atoms with van der Waals surface area (Å²) in [5, 5.41) is 0.481. The third-order valence-electron chi connectivity index (χ3n) is 3.21. The van der Waals surface area contributed by atoms with E-state index in [2.05, 4.69) is 9.97 Å². The van der Waals surface area contributed by atoms with Crippen LogP contribution in [-0.4, -0.2) is 29.2 Å². The van der Waals surface area contributed by atoms with Gasteiger partial charge >= 0.3 is 0 Å². The molecule has 6 heteroatoms. The van der Waals surface area contributed by atoms with E-state index >= 15 is 0 Å². The molecular formula is C14H13ClFN3O. The highest BCUT2D eigenvalue weighted by molar-refractivity contribution is 6.31. The first-order valence-electron chi connectivity index (χ1n) is 6.35. The molecule has 0 saturated carbocycles. The van der Waals surface area contributed by atoms with Gasteiger partial charge in [-0.2, -0.15) is 0 Å². The average Bonchev–Trinajstić information content (AvgIpc) is 2.90. The van der Waals surface area contributed by atoms with Crippen LogP contribution in [0.5, 0.6) is 5.75 Å². The van der Waals surface area contributed by atoms with E-state index in [1.807, 2.05) is 4.90 Å². The maximum atomic E-state index is 13.7. The Hall–Kier alpha value is -1.88. The van der Waals surface area contributed by atoms with Gasteiger partial charge in [-0.25, -0.2) is 9.37 Å². The van der Waals surface area contributed by atoms with Gasteiger partial charge in [-0.3, -0.25) is 4.98 Å². The topological polar surface area (TPSA) is 38.2 Å². The summed E-state index contributed by atoms with van der Waals surface area (Å²) in [5.41, 5.74) is 0. The van der Waals surface area contributed by atoms with Gasteiger partial charge in [-0.15, -0.1) is 0 Å². The number of hydrogen-bond acceptors (Lipinski definition) is 4. The van der Waals surface area contributed by atoms with Crippen LogP contribution in [0, 0.1) is 5.82 Å². The zero-order valence-corrected chi connectivity index (χ0v) is 11.4. The molecule has 4 nitrogen and oxygen atoms in total. The minimum atomic E-state index is -0.310. The standard InChI is InChI=1S/C14H13ClFN3O/c15-11-8-17-6-3-13(11)20-10-4-7-19(9-10)14-12(16)2-1-5-18-14/h1-3,5-6,8,10H,4,7,9H2. The molecule has 3 heterocycles. The molecule has 1 fully saturated rings. The van der Waals surface area contributed by atoms with Crippen LogP contribution < -0.4 is 9.64 Å². The zero-order chi connectivity index (χ0) is 13.9. The van der Waals surface area contributed by atoms with Crippen molar-refractivity contribution in [3.63, 3.8) is 0 Å². The minimum absolute atomic E-state index is 0.0312. The van der Waals surface area contributed by atoms with E-state index in [4.69, 9.17) is 16.3 Å². The third-order valence-corrected chi connectivity index (χ3v) is 3.50. The number of pyridine rings is 2. The van der Waals surface area contributed by atoms with Gasteiger partial charge in [0.2, 0.25) is 0 Å². The quantitative estimate of drug-likeness (QED) is 0.872. The summed E-state index contributed by atoms with van der Waals surface area (Å²) in [5.74, 6) is 0.671. The fraction of sp³-hybridized carbons (Fsp3) is 0.286. The SMILES string of the molecule is Fc1cccnc1N1CCC(Oc2ccncc2Cl)C1. The number of anilines is 1. The molecule has 0 aromatic carbocycles. The van der Waals surface area contributed by atoms with Crippen molar-refractivity contribution < 1.29 is 9.13 Å². The molecule has 0 aliphatic carbocycles. The molecule has 1 aliphatic rings. The summed E-state index contributed by atoms with van der Waals surface area (Å²) in [7, 11) is 0. The van der Waals surface area contributed by atoms with Crippen LogP contribution in [0.1, 0.15) is 6.42 Å². The lowest BCUT2D eigenvalue weighted by Crippen LogP contribution is -2.26. The Kier molecular flexibility index (Phi) is 3.69. The summed E-state index contributed by atoms with van der Waals surface area (Å²) < 4.78 is 19.5. The van der Waals surface area contributed by atoms with E-state index in [9.17, 15) is 4.39 Å². The molecule has 0 radical (unpaired) electrons. The largest absolute Gasteiger partial charge is 0.487 e. The predicted molar refractivity (Wildman–Crippen MR) is 74.7 cm³/mol. The molecule has 0 amide bonds. The van der Waals surface area contributed by atoms with Gasteiger partial charge in [0.05, 0.1) is 6.54 Å². The van der Waals surface area contributed by atoms with Crippen molar-refractivity contribution in [1.82, 2.24) is 9.97 Å². The van der Waals surface area contributed by atoms with E-state index in [0.717, 1.165) is 6.42 Å². The Morgan fingerprint density at radius 2 is 2.25 bits per heavy atom. The van der Waals surface area contributed by atoms with Crippen LogP contribution in [0.25, 0.3) is 0 Å². The van der Waals surface area contributed by atoms with Gasteiger partial charge in [0.25, 0.3) is 0 Å².